The Labute approximate surface area is 108 Å². The van der Waals surface area contributed by atoms with Gasteiger partial charge in [-0.2, -0.15) is 0 Å². The SMILES string of the molecule is O=C(CF)NC([NH+]1CCOCC1)C(Cl)(Cl)Cl. The third-order valence-corrected chi connectivity index (χ3v) is 2.95. The highest BCUT2D eigenvalue weighted by Gasteiger charge is 2.42. The molecule has 16 heavy (non-hydrogen) atoms. The van der Waals surface area contributed by atoms with E-state index < -0.39 is 22.5 Å². The molecule has 1 unspecified atom stereocenters. The molecule has 1 heterocycles. The van der Waals surface area contributed by atoms with Crippen LogP contribution in [0.1, 0.15) is 0 Å². The molecule has 0 aliphatic carbocycles. The van der Waals surface area contributed by atoms with E-state index in [9.17, 15) is 9.18 Å². The molecule has 8 heteroatoms. The van der Waals surface area contributed by atoms with Crippen molar-refractivity contribution in [3.63, 3.8) is 0 Å². The predicted octanol–water partition coefficient (Wildman–Crippen LogP) is -0.317. The number of morpholine rings is 1. The van der Waals surface area contributed by atoms with Crippen LogP contribution in [0, 0.1) is 0 Å². The van der Waals surface area contributed by atoms with Crippen LogP contribution in [0.25, 0.3) is 0 Å². The smallest absolute Gasteiger partial charge is 0.262 e. The summed E-state index contributed by atoms with van der Waals surface area (Å²) in [5.74, 6) is -0.782. The molecule has 0 saturated carbocycles. The summed E-state index contributed by atoms with van der Waals surface area (Å²) in [4.78, 5) is 11.9. The summed E-state index contributed by atoms with van der Waals surface area (Å²) in [6, 6.07) is 0. The first-order valence-electron chi connectivity index (χ1n) is 4.79. The van der Waals surface area contributed by atoms with Crippen molar-refractivity contribution < 1.29 is 18.8 Å². The second-order valence-corrected chi connectivity index (χ2v) is 5.82. The molecule has 1 saturated heterocycles. The highest BCUT2D eigenvalue weighted by molar-refractivity contribution is 6.68. The number of carbonyl (C=O) groups excluding carboxylic acids is 1. The number of alkyl halides is 4. The fourth-order valence-corrected chi connectivity index (χ4v) is 2.16. The van der Waals surface area contributed by atoms with Crippen LogP contribution in [0.2, 0.25) is 0 Å². The Morgan fingerprint density at radius 2 is 2.00 bits per heavy atom. The minimum absolute atomic E-state index is 0.526. The van der Waals surface area contributed by atoms with E-state index in [4.69, 9.17) is 39.5 Å². The van der Waals surface area contributed by atoms with Crippen molar-refractivity contribution in [1.82, 2.24) is 5.32 Å². The van der Waals surface area contributed by atoms with Crippen molar-refractivity contribution >= 4 is 40.7 Å². The van der Waals surface area contributed by atoms with E-state index in [0.717, 1.165) is 4.90 Å². The number of hydrogen-bond donors (Lipinski definition) is 2. The number of quaternary nitrogens is 1. The average Bonchev–Trinajstić information content (AvgIpc) is 2.25. The Balaban J connectivity index is 2.66. The Morgan fingerprint density at radius 3 is 2.44 bits per heavy atom. The van der Waals surface area contributed by atoms with E-state index >= 15 is 0 Å². The molecule has 94 valence electrons. The van der Waals surface area contributed by atoms with Crippen molar-refractivity contribution in [3.8, 4) is 0 Å². The first-order chi connectivity index (χ1) is 7.45. The van der Waals surface area contributed by atoms with Gasteiger partial charge in [-0.25, -0.2) is 4.39 Å². The summed E-state index contributed by atoms with van der Waals surface area (Å²) in [6.45, 7) is 1.13. The van der Waals surface area contributed by atoms with Gasteiger partial charge < -0.3 is 15.0 Å². The Hall–Kier alpha value is 0.190. The van der Waals surface area contributed by atoms with Crippen molar-refractivity contribution in [3.05, 3.63) is 0 Å². The number of amides is 1. The molecule has 0 aromatic heterocycles. The van der Waals surface area contributed by atoms with Gasteiger partial charge in [-0.05, 0) is 0 Å². The molecule has 4 nitrogen and oxygen atoms in total. The number of halogens is 4. The molecule has 0 aromatic rings. The molecule has 1 amide bonds. The van der Waals surface area contributed by atoms with Gasteiger partial charge in [-0.1, -0.05) is 34.8 Å². The summed E-state index contributed by atoms with van der Waals surface area (Å²) < 4.78 is 15.6. The number of carbonyl (C=O) groups is 1. The quantitative estimate of drug-likeness (QED) is 0.701. The second kappa shape index (κ2) is 6.21. The van der Waals surface area contributed by atoms with E-state index in [2.05, 4.69) is 5.32 Å². The highest BCUT2D eigenvalue weighted by atomic mass is 35.6. The number of rotatable bonds is 3. The van der Waals surface area contributed by atoms with Gasteiger partial charge in [0.2, 0.25) is 6.17 Å². The number of ether oxygens (including phenoxy) is 1. The Kier molecular flexibility index (Phi) is 5.53. The summed E-state index contributed by atoms with van der Waals surface area (Å²) in [5.41, 5.74) is 0. The molecule has 1 fully saturated rings. The van der Waals surface area contributed by atoms with Crippen LogP contribution in [0.15, 0.2) is 0 Å². The molecule has 2 N–H and O–H groups in total. The van der Waals surface area contributed by atoms with Gasteiger partial charge in [0.25, 0.3) is 9.70 Å². The fourth-order valence-electron chi connectivity index (χ4n) is 1.54. The normalized spacial score (nSPS) is 20.5. The largest absolute Gasteiger partial charge is 0.370 e. The Bertz CT molecular complexity index is 244. The van der Waals surface area contributed by atoms with Crippen LogP contribution in [0.5, 0.6) is 0 Å². The van der Waals surface area contributed by atoms with Crippen LogP contribution in [-0.2, 0) is 9.53 Å². The van der Waals surface area contributed by atoms with Gasteiger partial charge in [-0.3, -0.25) is 4.79 Å². The predicted molar refractivity (Wildman–Crippen MR) is 59.7 cm³/mol. The first kappa shape index (κ1) is 14.3. The van der Waals surface area contributed by atoms with E-state index in [1.54, 1.807) is 0 Å². The van der Waals surface area contributed by atoms with Gasteiger partial charge in [0, 0.05) is 0 Å². The lowest BCUT2D eigenvalue weighted by atomic mass is 10.3. The molecular formula is C8H13Cl3FN2O2+. The maximum absolute atomic E-state index is 12.1. The summed E-state index contributed by atoms with van der Waals surface area (Å²) >= 11 is 17.3. The molecule has 1 atom stereocenters. The second-order valence-electron chi connectivity index (χ2n) is 3.45. The Morgan fingerprint density at radius 1 is 1.44 bits per heavy atom. The third kappa shape index (κ3) is 4.22. The van der Waals surface area contributed by atoms with E-state index in [1.165, 1.54) is 0 Å². The van der Waals surface area contributed by atoms with Gasteiger partial charge in [-0.15, -0.1) is 0 Å². The van der Waals surface area contributed by atoms with Crippen LogP contribution in [0.4, 0.5) is 4.39 Å². The van der Waals surface area contributed by atoms with Crippen LogP contribution in [-0.4, -0.2) is 48.8 Å². The molecule has 1 aliphatic heterocycles. The summed E-state index contributed by atoms with van der Waals surface area (Å²) in [7, 11) is 0. The van der Waals surface area contributed by atoms with Gasteiger partial charge in [0.1, 0.15) is 13.1 Å². The summed E-state index contributed by atoms with van der Waals surface area (Å²) in [6.07, 6.45) is -0.760. The molecule has 0 spiro atoms. The van der Waals surface area contributed by atoms with Gasteiger partial charge in [0.05, 0.1) is 13.2 Å². The maximum Gasteiger partial charge on any atom is 0.262 e. The molecule has 0 bridgehead atoms. The zero-order valence-corrected chi connectivity index (χ0v) is 10.7. The lowest BCUT2D eigenvalue weighted by Gasteiger charge is -2.34. The maximum atomic E-state index is 12.1. The van der Waals surface area contributed by atoms with E-state index in [-0.39, 0.29) is 0 Å². The topological polar surface area (TPSA) is 42.8 Å². The highest BCUT2D eigenvalue weighted by Crippen LogP contribution is 2.27. The van der Waals surface area contributed by atoms with Gasteiger partial charge >= 0.3 is 0 Å². The van der Waals surface area contributed by atoms with Crippen LogP contribution in [0.3, 0.4) is 0 Å². The van der Waals surface area contributed by atoms with Crippen molar-refractivity contribution in [1.29, 1.82) is 0 Å². The van der Waals surface area contributed by atoms with Crippen molar-refractivity contribution in [2.45, 2.75) is 9.96 Å². The van der Waals surface area contributed by atoms with Crippen molar-refractivity contribution in [2.75, 3.05) is 33.0 Å². The summed E-state index contributed by atoms with van der Waals surface area (Å²) in [5, 5.41) is 2.37. The minimum atomic E-state index is -1.67. The molecule has 1 rings (SSSR count). The molecule has 0 aromatic carbocycles. The lowest BCUT2D eigenvalue weighted by Crippen LogP contribution is -3.21. The van der Waals surface area contributed by atoms with Crippen molar-refractivity contribution in [2.24, 2.45) is 0 Å². The monoisotopic (exact) mass is 293 g/mol. The number of nitrogens with one attached hydrogen (secondary N) is 2. The van der Waals surface area contributed by atoms with Gasteiger partial charge in [0.15, 0.2) is 6.67 Å². The zero-order chi connectivity index (χ0) is 12.2. The zero-order valence-electron chi connectivity index (χ0n) is 8.44. The molecule has 1 aliphatic rings. The minimum Gasteiger partial charge on any atom is -0.370 e. The molecular weight excluding hydrogens is 281 g/mol. The first-order valence-corrected chi connectivity index (χ1v) is 5.93. The number of hydrogen-bond acceptors (Lipinski definition) is 2. The average molecular weight is 295 g/mol. The van der Waals surface area contributed by atoms with Crippen LogP contribution < -0.4 is 10.2 Å². The fraction of sp³-hybridized carbons (Fsp3) is 0.875. The van der Waals surface area contributed by atoms with Crippen LogP contribution >= 0.6 is 34.8 Å². The molecule has 0 radical (unpaired) electrons. The van der Waals surface area contributed by atoms with E-state index in [1.807, 2.05) is 0 Å². The standard InChI is InChI=1S/C8H12Cl3FN2O2/c9-8(10,11)7(13-6(15)5-12)14-1-3-16-4-2-14/h7H,1-5H2,(H,13,15)/p+1. The van der Waals surface area contributed by atoms with E-state index in [0.29, 0.717) is 26.3 Å². The third-order valence-electron chi connectivity index (χ3n) is 2.30. The lowest BCUT2D eigenvalue weighted by molar-refractivity contribution is -0.934.